The van der Waals surface area contributed by atoms with Crippen LogP contribution in [0.5, 0.6) is 0 Å². The van der Waals surface area contributed by atoms with Gasteiger partial charge in [-0.3, -0.25) is 0 Å². The number of halogens is 1. The maximum Gasteiger partial charge on any atom is 0.572 e. The van der Waals surface area contributed by atoms with E-state index in [1.54, 1.807) is 0 Å². The van der Waals surface area contributed by atoms with Crippen molar-refractivity contribution in [1.82, 2.24) is 0 Å². The minimum atomic E-state index is -0.593. The quantitative estimate of drug-likeness (QED) is 0.506. The van der Waals surface area contributed by atoms with E-state index >= 15 is 0 Å². The molecule has 1 fully saturated rings. The van der Waals surface area contributed by atoms with Crippen LogP contribution >= 0.6 is 11.5 Å². The van der Waals surface area contributed by atoms with Crippen LogP contribution in [0, 0.1) is 0 Å². The minimum absolute atomic E-state index is 0.292. The average molecular weight is 162 g/mol. The molecule has 0 spiro atoms. The Hall–Kier alpha value is 0.275. The molecule has 0 amide bonds. The van der Waals surface area contributed by atoms with Crippen molar-refractivity contribution in [3.63, 3.8) is 0 Å². The first kappa shape index (κ1) is 8.37. The van der Waals surface area contributed by atoms with E-state index in [2.05, 4.69) is 0 Å². The van der Waals surface area contributed by atoms with Crippen LogP contribution in [0.25, 0.3) is 0 Å². The van der Waals surface area contributed by atoms with Crippen molar-refractivity contribution in [3.8, 4) is 0 Å². The van der Waals surface area contributed by atoms with Gasteiger partial charge in [-0.2, -0.15) is 0 Å². The lowest BCUT2D eigenvalue weighted by Gasteiger charge is -2.32. The van der Waals surface area contributed by atoms with Crippen LogP contribution in [-0.2, 0) is 9.31 Å². The van der Waals surface area contributed by atoms with Crippen molar-refractivity contribution in [1.29, 1.82) is 0 Å². The van der Waals surface area contributed by atoms with Gasteiger partial charge in [0, 0.05) is 0 Å². The molecule has 0 aliphatic carbocycles. The molecule has 0 saturated carbocycles. The summed E-state index contributed by atoms with van der Waals surface area (Å²) in [5.41, 5.74) is -0.584. The van der Waals surface area contributed by atoms with Crippen LogP contribution in [0.4, 0.5) is 0 Å². The third-order valence-corrected chi connectivity index (χ3v) is 2.40. The Bertz CT molecular complexity index is 131. The van der Waals surface area contributed by atoms with Gasteiger partial charge in [0.1, 0.15) is 0 Å². The molecule has 0 atom stereocenters. The molecule has 0 aromatic rings. The molecule has 0 radical (unpaired) electrons. The molecule has 0 aromatic carbocycles. The lowest BCUT2D eigenvalue weighted by atomic mass is 9.90. The highest BCUT2D eigenvalue weighted by atomic mass is 35.5. The largest absolute Gasteiger partial charge is 0.572 e. The highest BCUT2D eigenvalue weighted by Crippen LogP contribution is 2.37. The number of hydrogen-bond acceptors (Lipinski definition) is 2. The summed E-state index contributed by atoms with van der Waals surface area (Å²) in [5, 5.41) is 0. The lowest BCUT2D eigenvalue weighted by molar-refractivity contribution is 0.00578. The van der Waals surface area contributed by atoms with Gasteiger partial charge in [0.25, 0.3) is 0 Å². The first-order valence-electron chi connectivity index (χ1n) is 3.35. The van der Waals surface area contributed by atoms with E-state index < -0.39 is 6.53 Å². The Morgan fingerprint density at radius 3 is 1.40 bits per heavy atom. The van der Waals surface area contributed by atoms with Crippen molar-refractivity contribution < 1.29 is 9.31 Å². The molecular weight excluding hydrogens is 150 g/mol. The van der Waals surface area contributed by atoms with Crippen molar-refractivity contribution in [2.45, 2.75) is 38.9 Å². The molecule has 1 aliphatic heterocycles. The molecule has 1 rings (SSSR count). The summed E-state index contributed by atoms with van der Waals surface area (Å²) in [6, 6.07) is 0. The molecule has 0 N–H and O–H groups in total. The Labute approximate surface area is 66.9 Å². The predicted molar refractivity (Wildman–Crippen MR) is 41.9 cm³/mol. The van der Waals surface area contributed by atoms with Crippen molar-refractivity contribution >= 4 is 18.0 Å². The minimum Gasteiger partial charge on any atom is -0.390 e. The SMILES string of the molecule is CC1(C)OB(Cl)OC1(C)C. The van der Waals surface area contributed by atoms with Crippen LogP contribution in [0.2, 0.25) is 0 Å². The molecule has 2 nitrogen and oxygen atoms in total. The molecule has 0 aromatic heterocycles. The Balaban J connectivity index is 2.78. The fourth-order valence-corrected chi connectivity index (χ4v) is 1.22. The highest BCUT2D eigenvalue weighted by Gasteiger charge is 2.50. The summed E-state index contributed by atoms with van der Waals surface area (Å²) in [5.74, 6) is 0. The smallest absolute Gasteiger partial charge is 0.390 e. The molecule has 10 heavy (non-hydrogen) atoms. The maximum absolute atomic E-state index is 5.64. The summed E-state index contributed by atoms with van der Waals surface area (Å²) in [4.78, 5) is 0. The van der Waals surface area contributed by atoms with Gasteiger partial charge >= 0.3 is 6.53 Å². The molecule has 0 unspecified atom stereocenters. The first-order chi connectivity index (χ1) is 4.35. The Kier molecular flexibility index (Phi) is 1.78. The van der Waals surface area contributed by atoms with Crippen LogP contribution < -0.4 is 0 Å². The van der Waals surface area contributed by atoms with Gasteiger partial charge in [-0.1, -0.05) is 0 Å². The van der Waals surface area contributed by atoms with Crippen LogP contribution in [0.15, 0.2) is 0 Å². The predicted octanol–water partition coefficient (Wildman–Crippen LogP) is 1.81. The Morgan fingerprint density at radius 2 is 1.30 bits per heavy atom. The molecule has 1 aliphatic rings. The standard InChI is InChI=1S/C6H12BClO2/c1-5(2)6(3,4)10-7(8)9-5/h1-4H3. The van der Waals surface area contributed by atoms with Gasteiger partial charge in [0.15, 0.2) is 0 Å². The summed E-state index contributed by atoms with van der Waals surface area (Å²) >= 11 is 5.64. The zero-order valence-electron chi connectivity index (χ0n) is 6.77. The lowest BCUT2D eigenvalue weighted by Crippen LogP contribution is -2.41. The van der Waals surface area contributed by atoms with Gasteiger partial charge in [-0.15, -0.1) is 11.5 Å². The second kappa shape index (κ2) is 2.13. The van der Waals surface area contributed by atoms with E-state index in [0.29, 0.717) is 0 Å². The van der Waals surface area contributed by atoms with Gasteiger partial charge < -0.3 is 9.31 Å². The van der Waals surface area contributed by atoms with E-state index in [4.69, 9.17) is 20.8 Å². The fourth-order valence-electron chi connectivity index (χ4n) is 0.771. The number of rotatable bonds is 0. The highest BCUT2D eigenvalue weighted by molar-refractivity contribution is 6.99. The van der Waals surface area contributed by atoms with Crippen molar-refractivity contribution in [3.05, 3.63) is 0 Å². The molecular formula is C6H12BClO2. The van der Waals surface area contributed by atoms with Crippen LogP contribution in [0.1, 0.15) is 27.7 Å². The monoisotopic (exact) mass is 162 g/mol. The summed E-state index contributed by atoms with van der Waals surface area (Å²) < 4.78 is 10.6. The van der Waals surface area contributed by atoms with E-state index in [9.17, 15) is 0 Å². The second-order valence-corrected chi connectivity index (χ2v) is 3.89. The molecule has 1 heterocycles. The zero-order chi connectivity index (χ0) is 7.99. The number of hydrogen-bond donors (Lipinski definition) is 0. The molecule has 58 valence electrons. The van der Waals surface area contributed by atoms with Gasteiger partial charge in [-0.25, -0.2) is 0 Å². The summed E-state index contributed by atoms with van der Waals surface area (Å²) in [6.45, 7) is 7.28. The van der Waals surface area contributed by atoms with Gasteiger partial charge in [0.2, 0.25) is 0 Å². The molecule has 4 heteroatoms. The average Bonchev–Trinajstić information content (AvgIpc) is 1.73. The normalized spacial score (nSPS) is 29.1. The van der Waals surface area contributed by atoms with E-state index in [-0.39, 0.29) is 11.2 Å². The Morgan fingerprint density at radius 1 is 1.00 bits per heavy atom. The second-order valence-electron chi connectivity index (χ2n) is 3.53. The third kappa shape index (κ3) is 1.18. The van der Waals surface area contributed by atoms with E-state index in [0.717, 1.165) is 0 Å². The van der Waals surface area contributed by atoms with E-state index in [1.807, 2.05) is 27.7 Å². The van der Waals surface area contributed by atoms with Gasteiger partial charge in [0.05, 0.1) is 11.2 Å². The first-order valence-corrected chi connectivity index (χ1v) is 3.78. The summed E-state index contributed by atoms with van der Waals surface area (Å²) in [7, 11) is 0. The topological polar surface area (TPSA) is 18.5 Å². The van der Waals surface area contributed by atoms with Crippen LogP contribution in [0.3, 0.4) is 0 Å². The van der Waals surface area contributed by atoms with Crippen molar-refractivity contribution in [2.24, 2.45) is 0 Å². The fraction of sp³-hybridized carbons (Fsp3) is 1.00. The van der Waals surface area contributed by atoms with Gasteiger partial charge in [-0.05, 0) is 27.7 Å². The van der Waals surface area contributed by atoms with Crippen LogP contribution in [-0.4, -0.2) is 17.7 Å². The maximum atomic E-state index is 5.64. The summed E-state index contributed by atoms with van der Waals surface area (Å²) in [6.07, 6.45) is 0. The third-order valence-electron chi connectivity index (χ3n) is 2.22. The van der Waals surface area contributed by atoms with Crippen molar-refractivity contribution in [2.75, 3.05) is 0 Å². The molecule has 0 bridgehead atoms. The van der Waals surface area contributed by atoms with E-state index in [1.165, 1.54) is 0 Å². The zero-order valence-corrected chi connectivity index (χ0v) is 7.53. The molecule has 1 saturated heterocycles.